The monoisotopic (exact) mass is 294 g/mol. The van der Waals surface area contributed by atoms with Crippen LogP contribution in [0.15, 0.2) is 24.3 Å². The number of hydrogen-bond acceptors (Lipinski definition) is 2. The fraction of sp³-hybridized carbons (Fsp3) is 0.300. The summed E-state index contributed by atoms with van der Waals surface area (Å²) in [5, 5.41) is 0. The van der Waals surface area contributed by atoms with E-state index >= 15 is 0 Å². The average Bonchev–Trinajstić information content (AvgIpc) is 2.18. The zero-order valence-corrected chi connectivity index (χ0v) is 10.1. The summed E-state index contributed by atoms with van der Waals surface area (Å²) >= 11 is 0.130. The SMILES string of the molecule is COC(=O)c1ccc(C[Te]C)cc1. The maximum atomic E-state index is 11.1. The fourth-order valence-electron chi connectivity index (χ4n) is 1.02. The van der Waals surface area contributed by atoms with Crippen LogP contribution in [0.5, 0.6) is 0 Å². The molecule has 0 aromatic heterocycles. The first-order valence-corrected chi connectivity index (χ1v) is 7.92. The number of rotatable bonds is 3. The standard InChI is InChI=1S/C10H12O2Te/c1-12-10(11)9-5-3-8(4-6-9)7-13-2/h3-6H,7H2,1-2H3. The molecule has 0 unspecified atom stereocenters. The van der Waals surface area contributed by atoms with Crippen LogP contribution in [0.25, 0.3) is 0 Å². The zero-order chi connectivity index (χ0) is 9.68. The van der Waals surface area contributed by atoms with E-state index in [1.54, 1.807) is 0 Å². The molecule has 0 fully saturated rings. The molecular weight excluding hydrogens is 280 g/mol. The van der Waals surface area contributed by atoms with Gasteiger partial charge < -0.3 is 0 Å². The van der Waals surface area contributed by atoms with Crippen LogP contribution in [0, 0.1) is 0 Å². The summed E-state index contributed by atoms with van der Waals surface area (Å²) in [5.41, 5.74) is 1.94. The molecule has 0 saturated carbocycles. The van der Waals surface area contributed by atoms with Crippen LogP contribution in [0.1, 0.15) is 15.9 Å². The van der Waals surface area contributed by atoms with Crippen molar-refractivity contribution in [2.75, 3.05) is 7.11 Å². The Morgan fingerprint density at radius 3 is 2.46 bits per heavy atom. The number of methoxy groups -OCH3 is 1. The first kappa shape index (κ1) is 10.6. The maximum absolute atomic E-state index is 11.1. The molecule has 0 radical (unpaired) electrons. The van der Waals surface area contributed by atoms with Gasteiger partial charge in [0.1, 0.15) is 0 Å². The van der Waals surface area contributed by atoms with Crippen molar-refractivity contribution in [1.29, 1.82) is 0 Å². The second-order valence-electron chi connectivity index (χ2n) is 2.62. The van der Waals surface area contributed by atoms with Gasteiger partial charge >= 0.3 is 88.4 Å². The molecule has 0 saturated heterocycles. The molecule has 0 atom stereocenters. The van der Waals surface area contributed by atoms with E-state index < -0.39 is 0 Å². The molecular formula is C10H12O2Te. The van der Waals surface area contributed by atoms with E-state index in [9.17, 15) is 4.79 Å². The molecule has 70 valence electrons. The van der Waals surface area contributed by atoms with Crippen molar-refractivity contribution >= 4 is 26.9 Å². The number of ether oxygens (including phenoxy) is 1. The molecule has 13 heavy (non-hydrogen) atoms. The van der Waals surface area contributed by atoms with Crippen molar-refractivity contribution in [3.8, 4) is 0 Å². The van der Waals surface area contributed by atoms with E-state index in [-0.39, 0.29) is 26.9 Å². The van der Waals surface area contributed by atoms with Crippen LogP contribution in [0.2, 0.25) is 4.97 Å². The fourth-order valence-corrected chi connectivity index (χ4v) is 2.52. The van der Waals surface area contributed by atoms with Crippen LogP contribution in [-0.2, 0) is 9.21 Å². The van der Waals surface area contributed by atoms with Gasteiger partial charge in [0, 0.05) is 0 Å². The molecule has 0 amide bonds. The van der Waals surface area contributed by atoms with Gasteiger partial charge in [-0.25, -0.2) is 0 Å². The van der Waals surface area contributed by atoms with Crippen LogP contribution < -0.4 is 0 Å². The summed E-state index contributed by atoms with van der Waals surface area (Å²) in [5.74, 6) is -0.264. The van der Waals surface area contributed by atoms with Crippen LogP contribution in [0.4, 0.5) is 0 Å². The number of carbonyl (C=O) groups excluding carboxylic acids is 1. The van der Waals surface area contributed by atoms with E-state index in [0.717, 1.165) is 0 Å². The molecule has 0 N–H and O–H groups in total. The van der Waals surface area contributed by atoms with Gasteiger partial charge in [-0.05, 0) is 0 Å². The van der Waals surface area contributed by atoms with Gasteiger partial charge in [0.15, 0.2) is 0 Å². The number of esters is 1. The van der Waals surface area contributed by atoms with Gasteiger partial charge in [0.25, 0.3) is 0 Å². The average molecular weight is 292 g/mol. The molecule has 2 nitrogen and oxygen atoms in total. The molecule has 3 heteroatoms. The number of benzene rings is 1. The Labute approximate surface area is 88.4 Å². The van der Waals surface area contributed by atoms with Crippen molar-refractivity contribution in [2.45, 2.75) is 9.44 Å². The third kappa shape index (κ3) is 3.02. The van der Waals surface area contributed by atoms with Gasteiger partial charge in [-0.2, -0.15) is 0 Å². The number of hydrogen-bond donors (Lipinski definition) is 0. The van der Waals surface area contributed by atoms with E-state index in [4.69, 9.17) is 0 Å². The minimum atomic E-state index is -0.264. The zero-order valence-electron chi connectivity index (χ0n) is 7.74. The van der Waals surface area contributed by atoms with Gasteiger partial charge in [-0.1, -0.05) is 0 Å². The van der Waals surface area contributed by atoms with Crippen LogP contribution in [-0.4, -0.2) is 34.0 Å². The Morgan fingerprint density at radius 1 is 1.38 bits per heavy atom. The third-order valence-electron chi connectivity index (χ3n) is 1.69. The molecule has 1 aromatic carbocycles. The summed E-state index contributed by atoms with van der Waals surface area (Å²) < 4.78 is 5.79. The topological polar surface area (TPSA) is 26.3 Å². The quantitative estimate of drug-likeness (QED) is 0.626. The summed E-state index contributed by atoms with van der Waals surface area (Å²) in [6, 6.07) is 7.65. The summed E-state index contributed by atoms with van der Waals surface area (Å²) in [6.07, 6.45) is 0. The van der Waals surface area contributed by atoms with Crippen molar-refractivity contribution < 1.29 is 9.53 Å². The Hall–Kier alpha value is -0.520. The summed E-state index contributed by atoms with van der Waals surface area (Å²) in [6.45, 7) is 0. The third-order valence-corrected chi connectivity index (χ3v) is 3.46. The predicted molar refractivity (Wildman–Crippen MR) is 53.1 cm³/mol. The van der Waals surface area contributed by atoms with E-state index in [1.807, 2.05) is 24.3 Å². The second-order valence-corrected chi connectivity index (χ2v) is 5.09. The Morgan fingerprint density at radius 2 is 2.00 bits per heavy atom. The first-order valence-electron chi connectivity index (χ1n) is 3.94. The molecule has 0 bridgehead atoms. The van der Waals surface area contributed by atoms with E-state index in [2.05, 4.69) is 9.71 Å². The van der Waals surface area contributed by atoms with Crippen molar-refractivity contribution in [3.05, 3.63) is 35.4 Å². The predicted octanol–water partition coefficient (Wildman–Crippen LogP) is 1.73. The molecule has 0 aliphatic heterocycles. The molecule has 1 rings (SSSR count). The molecule has 0 aliphatic carbocycles. The minimum absolute atomic E-state index is 0.130. The Kier molecular flexibility index (Phi) is 4.27. The van der Waals surface area contributed by atoms with Gasteiger partial charge in [-0.3, -0.25) is 0 Å². The Bertz CT molecular complexity index is 279. The molecule has 0 aliphatic rings. The number of carbonyl (C=O) groups is 1. The summed E-state index contributed by atoms with van der Waals surface area (Å²) in [4.78, 5) is 13.3. The van der Waals surface area contributed by atoms with Crippen molar-refractivity contribution in [3.63, 3.8) is 0 Å². The van der Waals surface area contributed by atoms with Gasteiger partial charge in [0.05, 0.1) is 0 Å². The Balaban J connectivity index is 2.75. The van der Waals surface area contributed by atoms with E-state index in [1.165, 1.54) is 17.1 Å². The molecule has 0 heterocycles. The summed E-state index contributed by atoms with van der Waals surface area (Å²) in [7, 11) is 1.40. The normalized spacial score (nSPS) is 9.69. The van der Waals surface area contributed by atoms with Crippen LogP contribution in [0.3, 0.4) is 0 Å². The first-order chi connectivity index (χ1) is 6.27. The van der Waals surface area contributed by atoms with Gasteiger partial charge in [0.2, 0.25) is 0 Å². The van der Waals surface area contributed by atoms with Crippen molar-refractivity contribution in [2.24, 2.45) is 0 Å². The van der Waals surface area contributed by atoms with Crippen molar-refractivity contribution in [1.82, 2.24) is 0 Å². The molecule has 1 aromatic rings. The second kappa shape index (κ2) is 5.26. The van der Waals surface area contributed by atoms with Gasteiger partial charge in [-0.15, -0.1) is 0 Å². The van der Waals surface area contributed by atoms with E-state index in [0.29, 0.717) is 5.56 Å². The van der Waals surface area contributed by atoms with Crippen LogP contribution >= 0.6 is 0 Å². The molecule has 0 spiro atoms.